The smallest absolute Gasteiger partial charge is 0.264 e. The summed E-state index contributed by atoms with van der Waals surface area (Å²) >= 11 is 18.7. The summed E-state index contributed by atoms with van der Waals surface area (Å²) in [6.07, 6.45) is 0. The monoisotopic (exact) mass is 637 g/mol. The van der Waals surface area contributed by atoms with E-state index < -0.39 is 28.5 Å². The molecule has 220 valence electrons. The van der Waals surface area contributed by atoms with Crippen molar-refractivity contribution in [3.05, 3.63) is 92.4 Å². The van der Waals surface area contributed by atoms with Crippen LogP contribution in [0.5, 0.6) is 0 Å². The molecule has 1 N–H and O–H groups in total. The first-order valence-corrected chi connectivity index (χ1v) is 15.6. The molecule has 0 radical (unpaired) electrons. The summed E-state index contributed by atoms with van der Waals surface area (Å²) in [4.78, 5) is 28.4. The molecule has 1 unspecified atom stereocenters. The summed E-state index contributed by atoms with van der Waals surface area (Å²) in [5.41, 5.74) is 2.49. The highest BCUT2D eigenvalue weighted by molar-refractivity contribution is 7.92. The Morgan fingerprint density at radius 1 is 0.854 bits per heavy atom. The number of halogens is 3. The number of anilines is 1. The van der Waals surface area contributed by atoms with E-state index in [1.54, 1.807) is 56.3 Å². The molecule has 0 aliphatic heterocycles. The van der Waals surface area contributed by atoms with Gasteiger partial charge in [-0.1, -0.05) is 78.5 Å². The maximum Gasteiger partial charge on any atom is 0.264 e. The molecule has 41 heavy (non-hydrogen) atoms. The Kier molecular flexibility index (Phi) is 11.1. The maximum absolute atomic E-state index is 14.0. The van der Waals surface area contributed by atoms with Crippen LogP contribution in [0, 0.1) is 19.8 Å². The van der Waals surface area contributed by atoms with Gasteiger partial charge in [-0.05, 0) is 74.2 Å². The lowest BCUT2D eigenvalue weighted by Crippen LogP contribution is -2.51. The largest absolute Gasteiger partial charge is 0.354 e. The van der Waals surface area contributed by atoms with Crippen molar-refractivity contribution in [3.8, 4) is 0 Å². The molecular weight excluding hydrogens is 605 g/mol. The number of carbonyl (C=O) groups is 2. The molecular formula is C30H34Cl3N3O4S. The maximum atomic E-state index is 14.0. The van der Waals surface area contributed by atoms with E-state index >= 15 is 0 Å². The second-order valence-corrected chi connectivity index (χ2v) is 13.4. The van der Waals surface area contributed by atoms with Crippen LogP contribution in [0.2, 0.25) is 15.1 Å². The van der Waals surface area contributed by atoms with Crippen LogP contribution < -0.4 is 9.62 Å². The molecule has 0 aliphatic carbocycles. The molecule has 0 fully saturated rings. The molecule has 0 aromatic heterocycles. The number of nitrogens with zero attached hydrogens (tertiary/aromatic N) is 2. The topological polar surface area (TPSA) is 86.8 Å². The number of hydrogen-bond acceptors (Lipinski definition) is 4. The van der Waals surface area contributed by atoms with Crippen LogP contribution in [0.25, 0.3) is 0 Å². The molecule has 0 saturated carbocycles. The number of aryl methyl sites for hydroxylation is 2. The number of rotatable bonds is 11. The number of carbonyl (C=O) groups excluding carboxylic acids is 2. The van der Waals surface area contributed by atoms with E-state index in [1.807, 2.05) is 20.8 Å². The van der Waals surface area contributed by atoms with Crippen LogP contribution in [0.3, 0.4) is 0 Å². The summed E-state index contributed by atoms with van der Waals surface area (Å²) in [7, 11) is -4.19. The lowest BCUT2D eigenvalue weighted by atomic mass is 10.1. The zero-order valence-electron chi connectivity index (χ0n) is 23.6. The third kappa shape index (κ3) is 8.38. The number of amides is 2. The van der Waals surface area contributed by atoms with Crippen LogP contribution in [-0.2, 0) is 26.2 Å². The van der Waals surface area contributed by atoms with Crippen molar-refractivity contribution in [3.63, 3.8) is 0 Å². The predicted octanol–water partition coefficient (Wildman–Crippen LogP) is 6.65. The highest BCUT2D eigenvalue weighted by atomic mass is 35.5. The minimum Gasteiger partial charge on any atom is -0.354 e. The fourth-order valence-electron chi connectivity index (χ4n) is 3.97. The molecule has 3 aromatic carbocycles. The molecule has 3 aromatic rings. The van der Waals surface area contributed by atoms with Crippen molar-refractivity contribution < 1.29 is 18.0 Å². The van der Waals surface area contributed by atoms with Crippen LogP contribution in [-0.4, -0.2) is 44.3 Å². The number of hydrogen-bond donors (Lipinski definition) is 1. The molecule has 2 amide bonds. The second-order valence-electron chi connectivity index (χ2n) is 10.3. The normalized spacial score (nSPS) is 12.2. The van der Waals surface area contributed by atoms with Crippen LogP contribution in [0.15, 0.2) is 65.6 Å². The van der Waals surface area contributed by atoms with Gasteiger partial charge >= 0.3 is 0 Å². The van der Waals surface area contributed by atoms with Crippen molar-refractivity contribution in [1.29, 1.82) is 0 Å². The van der Waals surface area contributed by atoms with Gasteiger partial charge in [-0.3, -0.25) is 13.9 Å². The Balaban J connectivity index is 2.05. The van der Waals surface area contributed by atoms with Crippen LogP contribution >= 0.6 is 34.8 Å². The molecule has 0 aliphatic rings. The highest BCUT2D eigenvalue weighted by Crippen LogP contribution is 2.29. The molecule has 0 spiro atoms. The standard InChI is InChI=1S/C30H34Cl3N3O4S/c1-19(2)16-34-30(38)22(5)35(17-23-9-13-26(31)28(33)14-23)29(37)18-36(24-10-8-21(4)27(32)15-24)41(39,40)25-11-6-20(3)7-12-25/h6-15,19,22H,16-18H2,1-5H3,(H,34,38). The first-order chi connectivity index (χ1) is 19.2. The molecule has 1 atom stereocenters. The van der Waals surface area contributed by atoms with E-state index in [2.05, 4.69) is 5.32 Å². The SMILES string of the molecule is Cc1ccc(S(=O)(=O)N(CC(=O)N(Cc2ccc(Cl)c(Cl)c2)C(C)C(=O)NCC(C)C)c2ccc(C)c(Cl)c2)cc1. The van der Waals surface area contributed by atoms with Crippen molar-refractivity contribution in [2.75, 3.05) is 17.4 Å². The van der Waals surface area contributed by atoms with E-state index in [0.717, 1.165) is 15.4 Å². The quantitative estimate of drug-likeness (QED) is 0.255. The van der Waals surface area contributed by atoms with Gasteiger partial charge in [-0.15, -0.1) is 0 Å². The van der Waals surface area contributed by atoms with E-state index in [0.29, 0.717) is 27.2 Å². The average molecular weight is 639 g/mol. The predicted molar refractivity (Wildman–Crippen MR) is 166 cm³/mol. The van der Waals surface area contributed by atoms with Gasteiger partial charge in [-0.25, -0.2) is 8.42 Å². The average Bonchev–Trinajstić information content (AvgIpc) is 2.92. The third-order valence-corrected chi connectivity index (χ3v) is 9.45. The molecule has 0 bridgehead atoms. The van der Waals surface area contributed by atoms with Gasteiger partial charge in [0, 0.05) is 18.1 Å². The van der Waals surface area contributed by atoms with Gasteiger partial charge in [0.15, 0.2) is 0 Å². The summed E-state index contributed by atoms with van der Waals surface area (Å²) in [6, 6.07) is 15.2. The Morgan fingerprint density at radius 3 is 2.10 bits per heavy atom. The number of sulfonamides is 1. The number of benzene rings is 3. The number of nitrogens with one attached hydrogen (secondary N) is 1. The lowest BCUT2D eigenvalue weighted by molar-refractivity contribution is -0.139. The molecule has 11 heteroatoms. The minimum atomic E-state index is -4.19. The molecule has 3 rings (SSSR count). The summed E-state index contributed by atoms with van der Waals surface area (Å²) in [5, 5.41) is 3.86. The Labute approximate surface area is 257 Å². The van der Waals surface area contributed by atoms with E-state index in [-0.39, 0.29) is 29.0 Å². The van der Waals surface area contributed by atoms with Crippen LogP contribution in [0.4, 0.5) is 5.69 Å². The van der Waals surface area contributed by atoms with E-state index in [1.165, 1.54) is 23.1 Å². The van der Waals surface area contributed by atoms with Gasteiger partial charge in [0.2, 0.25) is 11.8 Å². The van der Waals surface area contributed by atoms with Crippen molar-refractivity contribution >= 4 is 62.3 Å². The summed E-state index contributed by atoms with van der Waals surface area (Å²) in [6.45, 7) is 9.03. The Hall–Kier alpha value is -2.78. The zero-order chi connectivity index (χ0) is 30.5. The molecule has 0 heterocycles. The first kappa shape index (κ1) is 32.7. The van der Waals surface area contributed by atoms with E-state index in [9.17, 15) is 18.0 Å². The van der Waals surface area contributed by atoms with Crippen molar-refractivity contribution in [2.45, 2.75) is 52.1 Å². The van der Waals surface area contributed by atoms with Gasteiger partial charge in [0.1, 0.15) is 12.6 Å². The van der Waals surface area contributed by atoms with E-state index in [4.69, 9.17) is 34.8 Å². The molecule has 7 nitrogen and oxygen atoms in total. The lowest BCUT2D eigenvalue weighted by Gasteiger charge is -2.32. The summed E-state index contributed by atoms with van der Waals surface area (Å²) < 4.78 is 28.9. The van der Waals surface area contributed by atoms with Gasteiger partial charge < -0.3 is 10.2 Å². The third-order valence-electron chi connectivity index (χ3n) is 6.52. The molecule has 0 saturated heterocycles. The van der Waals surface area contributed by atoms with Gasteiger partial charge in [0.05, 0.1) is 20.6 Å². The fourth-order valence-corrected chi connectivity index (χ4v) is 5.87. The fraction of sp³-hybridized carbons (Fsp3) is 0.333. The van der Waals surface area contributed by atoms with Gasteiger partial charge in [0.25, 0.3) is 10.0 Å². The zero-order valence-corrected chi connectivity index (χ0v) is 26.7. The Morgan fingerprint density at radius 2 is 1.51 bits per heavy atom. The van der Waals surface area contributed by atoms with Crippen LogP contribution in [0.1, 0.15) is 37.5 Å². The second kappa shape index (κ2) is 13.9. The highest BCUT2D eigenvalue weighted by Gasteiger charge is 2.33. The minimum absolute atomic E-state index is 0.000932. The Bertz CT molecular complexity index is 1510. The van der Waals surface area contributed by atoms with Gasteiger partial charge in [-0.2, -0.15) is 0 Å². The first-order valence-electron chi connectivity index (χ1n) is 13.1. The van der Waals surface area contributed by atoms with Crippen molar-refractivity contribution in [1.82, 2.24) is 10.2 Å². The van der Waals surface area contributed by atoms with Crippen molar-refractivity contribution in [2.24, 2.45) is 5.92 Å². The summed E-state index contributed by atoms with van der Waals surface area (Å²) in [5.74, 6) is -0.749.